The summed E-state index contributed by atoms with van der Waals surface area (Å²) in [7, 11) is 0. The first-order chi connectivity index (χ1) is 11.3. The molecular formula is C17H20N2O3S. The standard InChI is InChI=1S/C17H20N2O3S/c20-17(10-14-5-3-9-23-14)19-15-12-21-8-6-16(15)22-11-13-4-1-2-7-18-13/h1-5,7,9,15-16H,6,8,10-12H2,(H,19,20)/t15-,16-/m1/s1. The number of hydrogen-bond acceptors (Lipinski definition) is 5. The van der Waals surface area contributed by atoms with Crippen molar-refractivity contribution in [1.82, 2.24) is 10.3 Å². The van der Waals surface area contributed by atoms with Crippen molar-refractivity contribution >= 4 is 17.2 Å². The Labute approximate surface area is 139 Å². The number of thiophene rings is 1. The molecule has 0 aromatic carbocycles. The zero-order valence-corrected chi connectivity index (χ0v) is 13.6. The third-order valence-corrected chi connectivity index (χ3v) is 4.60. The summed E-state index contributed by atoms with van der Waals surface area (Å²) in [5.74, 6) is 0.00869. The number of carbonyl (C=O) groups is 1. The monoisotopic (exact) mass is 332 g/mol. The van der Waals surface area contributed by atoms with E-state index in [0.29, 0.717) is 26.2 Å². The van der Waals surface area contributed by atoms with E-state index in [1.54, 1.807) is 17.5 Å². The largest absolute Gasteiger partial charge is 0.379 e. The molecule has 5 nitrogen and oxygen atoms in total. The van der Waals surface area contributed by atoms with Gasteiger partial charge in [0.1, 0.15) is 0 Å². The molecule has 1 amide bonds. The van der Waals surface area contributed by atoms with E-state index >= 15 is 0 Å². The van der Waals surface area contributed by atoms with Gasteiger partial charge in [-0.2, -0.15) is 0 Å². The molecule has 0 unspecified atom stereocenters. The van der Waals surface area contributed by atoms with Gasteiger partial charge in [0, 0.05) is 17.7 Å². The SMILES string of the molecule is O=C(Cc1cccs1)N[C@@H]1COCC[C@H]1OCc1ccccn1. The molecule has 23 heavy (non-hydrogen) atoms. The van der Waals surface area contributed by atoms with Crippen molar-refractivity contribution < 1.29 is 14.3 Å². The Hall–Kier alpha value is -1.76. The highest BCUT2D eigenvalue weighted by Gasteiger charge is 2.28. The molecule has 1 aliphatic rings. The topological polar surface area (TPSA) is 60.5 Å². The Morgan fingerprint density at radius 1 is 1.39 bits per heavy atom. The van der Waals surface area contributed by atoms with Crippen molar-refractivity contribution in [3.63, 3.8) is 0 Å². The second-order valence-electron chi connectivity index (χ2n) is 5.46. The maximum atomic E-state index is 12.2. The average Bonchev–Trinajstić information content (AvgIpc) is 3.08. The van der Waals surface area contributed by atoms with E-state index in [0.717, 1.165) is 17.0 Å². The van der Waals surface area contributed by atoms with Gasteiger partial charge >= 0.3 is 0 Å². The molecule has 0 saturated carbocycles. The van der Waals surface area contributed by atoms with E-state index in [2.05, 4.69) is 10.3 Å². The van der Waals surface area contributed by atoms with Gasteiger partial charge in [0.05, 0.1) is 37.5 Å². The van der Waals surface area contributed by atoms with Gasteiger partial charge in [0.15, 0.2) is 0 Å². The molecule has 1 N–H and O–H groups in total. The van der Waals surface area contributed by atoms with E-state index in [4.69, 9.17) is 9.47 Å². The zero-order valence-electron chi connectivity index (χ0n) is 12.8. The van der Waals surface area contributed by atoms with Crippen LogP contribution in [-0.2, 0) is 27.3 Å². The molecule has 0 aliphatic carbocycles. The molecule has 2 aromatic rings. The van der Waals surface area contributed by atoms with E-state index in [9.17, 15) is 4.79 Å². The van der Waals surface area contributed by atoms with Crippen LogP contribution in [0.25, 0.3) is 0 Å². The smallest absolute Gasteiger partial charge is 0.225 e. The number of amides is 1. The zero-order chi connectivity index (χ0) is 15.9. The summed E-state index contributed by atoms with van der Waals surface area (Å²) < 4.78 is 11.5. The minimum absolute atomic E-state index is 0.00869. The van der Waals surface area contributed by atoms with Crippen molar-refractivity contribution in [3.05, 3.63) is 52.5 Å². The lowest BCUT2D eigenvalue weighted by Crippen LogP contribution is -2.50. The third kappa shape index (κ3) is 4.86. The van der Waals surface area contributed by atoms with Gasteiger partial charge in [-0.25, -0.2) is 0 Å². The molecule has 2 aromatic heterocycles. The fraction of sp³-hybridized carbons (Fsp3) is 0.412. The summed E-state index contributed by atoms with van der Waals surface area (Å²) in [4.78, 5) is 17.5. The first kappa shape index (κ1) is 16.1. The lowest BCUT2D eigenvalue weighted by atomic mass is 10.1. The van der Waals surface area contributed by atoms with Crippen LogP contribution in [0.15, 0.2) is 41.9 Å². The lowest BCUT2D eigenvalue weighted by Gasteiger charge is -2.32. The number of carbonyl (C=O) groups excluding carboxylic acids is 1. The number of rotatable bonds is 6. The average molecular weight is 332 g/mol. The Morgan fingerprint density at radius 2 is 2.35 bits per heavy atom. The lowest BCUT2D eigenvalue weighted by molar-refractivity contribution is -0.125. The number of pyridine rings is 1. The highest BCUT2D eigenvalue weighted by molar-refractivity contribution is 7.10. The number of nitrogens with one attached hydrogen (secondary N) is 1. The van der Waals surface area contributed by atoms with Crippen LogP contribution >= 0.6 is 11.3 Å². The summed E-state index contributed by atoms with van der Waals surface area (Å²) in [6.45, 7) is 1.59. The van der Waals surface area contributed by atoms with Gasteiger partial charge in [0.25, 0.3) is 0 Å². The van der Waals surface area contributed by atoms with Gasteiger partial charge in [-0.05, 0) is 30.0 Å². The van der Waals surface area contributed by atoms with Crippen molar-refractivity contribution in [1.29, 1.82) is 0 Å². The molecule has 1 fully saturated rings. The quantitative estimate of drug-likeness (QED) is 0.881. The Kier molecular flexibility index (Phi) is 5.74. The van der Waals surface area contributed by atoms with Crippen LogP contribution in [0, 0.1) is 0 Å². The second kappa shape index (κ2) is 8.19. The van der Waals surface area contributed by atoms with E-state index in [1.807, 2.05) is 35.7 Å². The normalized spacial score (nSPS) is 21.0. The summed E-state index contributed by atoms with van der Waals surface area (Å²) >= 11 is 1.59. The molecular weight excluding hydrogens is 312 g/mol. The van der Waals surface area contributed by atoms with Gasteiger partial charge in [-0.15, -0.1) is 11.3 Å². The summed E-state index contributed by atoms with van der Waals surface area (Å²) in [5.41, 5.74) is 0.891. The summed E-state index contributed by atoms with van der Waals surface area (Å²) in [6.07, 6.45) is 2.89. The van der Waals surface area contributed by atoms with Gasteiger partial charge < -0.3 is 14.8 Å². The van der Waals surface area contributed by atoms with Crippen LogP contribution < -0.4 is 5.32 Å². The number of nitrogens with zero attached hydrogens (tertiary/aromatic N) is 1. The highest BCUT2D eigenvalue weighted by atomic mass is 32.1. The predicted molar refractivity (Wildman–Crippen MR) is 88.2 cm³/mol. The van der Waals surface area contributed by atoms with Gasteiger partial charge in [-0.1, -0.05) is 12.1 Å². The van der Waals surface area contributed by atoms with Crippen LogP contribution in [-0.4, -0.2) is 36.3 Å². The Morgan fingerprint density at radius 3 is 3.13 bits per heavy atom. The fourth-order valence-electron chi connectivity index (χ4n) is 2.56. The minimum atomic E-state index is -0.111. The second-order valence-corrected chi connectivity index (χ2v) is 6.50. The molecule has 6 heteroatoms. The van der Waals surface area contributed by atoms with Crippen LogP contribution in [0.3, 0.4) is 0 Å². The first-order valence-electron chi connectivity index (χ1n) is 7.72. The molecule has 3 heterocycles. The number of ether oxygens (including phenoxy) is 2. The summed E-state index contributed by atoms with van der Waals surface area (Å²) in [6, 6.07) is 9.57. The summed E-state index contributed by atoms with van der Waals surface area (Å²) in [5, 5.41) is 5.02. The molecule has 1 saturated heterocycles. The number of aromatic nitrogens is 1. The molecule has 0 spiro atoms. The maximum Gasteiger partial charge on any atom is 0.225 e. The minimum Gasteiger partial charge on any atom is -0.379 e. The predicted octanol–water partition coefficient (Wildman–Crippen LogP) is 2.18. The van der Waals surface area contributed by atoms with Crippen molar-refractivity contribution in [2.45, 2.75) is 31.6 Å². The van der Waals surface area contributed by atoms with Crippen LogP contribution in [0.1, 0.15) is 17.0 Å². The van der Waals surface area contributed by atoms with Gasteiger partial charge in [-0.3, -0.25) is 9.78 Å². The molecule has 0 bridgehead atoms. The van der Waals surface area contributed by atoms with Crippen LogP contribution in [0.5, 0.6) is 0 Å². The van der Waals surface area contributed by atoms with Crippen molar-refractivity contribution in [3.8, 4) is 0 Å². The maximum absolute atomic E-state index is 12.2. The highest BCUT2D eigenvalue weighted by Crippen LogP contribution is 2.15. The Balaban J connectivity index is 1.52. The first-order valence-corrected chi connectivity index (χ1v) is 8.60. The van der Waals surface area contributed by atoms with E-state index < -0.39 is 0 Å². The van der Waals surface area contributed by atoms with Crippen LogP contribution in [0.2, 0.25) is 0 Å². The Bertz CT molecular complexity index is 604. The number of hydrogen-bond donors (Lipinski definition) is 1. The third-order valence-electron chi connectivity index (χ3n) is 3.73. The van der Waals surface area contributed by atoms with Crippen LogP contribution in [0.4, 0.5) is 0 Å². The van der Waals surface area contributed by atoms with E-state index in [1.165, 1.54) is 0 Å². The van der Waals surface area contributed by atoms with Crippen molar-refractivity contribution in [2.24, 2.45) is 0 Å². The molecule has 122 valence electrons. The van der Waals surface area contributed by atoms with E-state index in [-0.39, 0.29) is 18.1 Å². The van der Waals surface area contributed by atoms with Crippen molar-refractivity contribution in [2.75, 3.05) is 13.2 Å². The molecule has 3 rings (SSSR count). The fourth-order valence-corrected chi connectivity index (χ4v) is 3.26. The van der Waals surface area contributed by atoms with Gasteiger partial charge in [0.2, 0.25) is 5.91 Å². The molecule has 1 aliphatic heterocycles. The molecule has 0 radical (unpaired) electrons. The molecule has 2 atom stereocenters.